The topological polar surface area (TPSA) is 28.5 Å². The van der Waals surface area contributed by atoms with Crippen molar-refractivity contribution in [2.24, 2.45) is 4.99 Å². The number of fused-ring (bicyclic) bond motifs is 2. The molecule has 1 atom stereocenters. The molecule has 0 radical (unpaired) electrons. The molecule has 0 amide bonds. The number of nitrogens with zero attached hydrogens (tertiary/aromatic N) is 3. The lowest BCUT2D eigenvalue weighted by Gasteiger charge is -2.26. The minimum atomic E-state index is -0.588. The summed E-state index contributed by atoms with van der Waals surface area (Å²) >= 11 is 11.9. The van der Waals surface area contributed by atoms with E-state index in [1.54, 1.807) is 18.2 Å². The first kappa shape index (κ1) is 12.9. The van der Waals surface area contributed by atoms with Gasteiger partial charge in [-0.1, -0.05) is 23.2 Å². The van der Waals surface area contributed by atoms with Crippen LogP contribution in [0, 0.1) is 5.82 Å². The molecule has 1 saturated heterocycles. The van der Waals surface area contributed by atoms with Gasteiger partial charge in [0.05, 0.1) is 7.06 Å². The van der Waals surface area contributed by atoms with Gasteiger partial charge in [-0.2, -0.15) is 0 Å². The fraction of sp³-hybridized carbons (Fsp3) is 0.250. The van der Waals surface area contributed by atoms with Gasteiger partial charge in [0.2, 0.25) is 0 Å². The highest BCUT2D eigenvalue weighted by Gasteiger charge is 2.27. The second-order valence-electron chi connectivity index (χ2n) is 5.31. The number of aliphatic imine (C=N–C) groups is 1. The van der Waals surface area contributed by atoms with Gasteiger partial charge in [-0.15, -0.1) is 0 Å². The second kappa shape index (κ2) is 5.21. The highest BCUT2D eigenvalue weighted by Crippen LogP contribution is 2.39. The molecule has 2 aromatic rings. The smallest absolute Gasteiger partial charge is 0.134 e. The molecule has 6 heteroatoms. The first-order valence-electron chi connectivity index (χ1n) is 7.54. The van der Waals surface area contributed by atoms with Crippen LogP contribution in [-0.2, 0) is 6.52 Å². The molecule has 0 aliphatic carbocycles. The van der Waals surface area contributed by atoms with E-state index < -0.39 is 12.3 Å². The standard InChI is InChI=1S/C16H12Cl2FN3/c17-10-3-4-11(12(19)7-10)16-15-9(6-13(18)20-16)8-22-5-1-2-14(22)21-15/h3-4,6-7H,1-2,5,8H2/i8D. The monoisotopic (exact) mass is 336 g/mol. The Hall–Kier alpha value is -1.65. The van der Waals surface area contributed by atoms with E-state index >= 15 is 0 Å². The van der Waals surface area contributed by atoms with Crippen molar-refractivity contribution in [1.82, 2.24) is 9.88 Å². The Kier molecular flexibility index (Phi) is 3.05. The zero-order valence-electron chi connectivity index (χ0n) is 12.5. The summed E-state index contributed by atoms with van der Waals surface area (Å²) in [5.74, 6) is 0.377. The quantitative estimate of drug-likeness (QED) is 0.697. The van der Waals surface area contributed by atoms with Crippen molar-refractivity contribution in [3.63, 3.8) is 0 Å². The number of halogens is 3. The van der Waals surface area contributed by atoms with Crippen molar-refractivity contribution in [3.05, 3.63) is 45.8 Å². The van der Waals surface area contributed by atoms with Gasteiger partial charge in [0, 0.05) is 35.6 Å². The van der Waals surface area contributed by atoms with Crippen LogP contribution < -0.4 is 0 Å². The number of rotatable bonds is 1. The molecule has 2 aliphatic heterocycles. The van der Waals surface area contributed by atoms with Gasteiger partial charge in [-0.3, -0.25) is 0 Å². The zero-order valence-corrected chi connectivity index (χ0v) is 13.0. The van der Waals surface area contributed by atoms with E-state index in [-0.39, 0.29) is 10.7 Å². The largest absolute Gasteiger partial charge is 0.356 e. The van der Waals surface area contributed by atoms with E-state index in [0.717, 1.165) is 25.2 Å². The van der Waals surface area contributed by atoms with Gasteiger partial charge >= 0.3 is 0 Å². The van der Waals surface area contributed by atoms with E-state index in [2.05, 4.69) is 9.98 Å². The summed E-state index contributed by atoms with van der Waals surface area (Å²) in [7, 11) is 0. The molecule has 3 nitrogen and oxygen atoms in total. The van der Waals surface area contributed by atoms with E-state index in [0.29, 0.717) is 22.0 Å². The van der Waals surface area contributed by atoms with Crippen LogP contribution in [0.1, 0.15) is 19.8 Å². The van der Waals surface area contributed by atoms with Crippen molar-refractivity contribution in [3.8, 4) is 11.3 Å². The number of pyridine rings is 1. The fourth-order valence-electron chi connectivity index (χ4n) is 2.85. The average molecular weight is 337 g/mol. The second-order valence-corrected chi connectivity index (χ2v) is 6.13. The molecule has 1 aromatic carbocycles. The van der Waals surface area contributed by atoms with Crippen molar-refractivity contribution in [2.45, 2.75) is 19.4 Å². The lowest BCUT2D eigenvalue weighted by atomic mass is 10.0. The van der Waals surface area contributed by atoms with E-state index in [4.69, 9.17) is 24.6 Å². The Bertz CT molecular complexity index is 840. The normalized spacial score (nSPS) is 20.3. The zero-order chi connectivity index (χ0) is 16.1. The molecular weight excluding hydrogens is 324 g/mol. The van der Waals surface area contributed by atoms with Crippen molar-refractivity contribution in [2.75, 3.05) is 6.54 Å². The maximum absolute atomic E-state index is 14.3. The van der Waals surface area contributed by atoms with Crippen LogP contribution in [0.5, 0.6) is 0 Å². The minimum Gasteiger partial charge on any atom is -0.356 e. The fourth-order valence-corrected chi connectivity index (χ4v) is 3.21. The Balaban J connectivity index is 1.97. The van der Waals surface area contributed by atoms with Crippen LogP contribution in [0.2, 0.25) is 10.2 Å². The Morgan fingerprint density at radius 1 is 1.27 bits per heavy atom. The van der Waals surface area contributed by atoms with E-state index in [1.165, 1.54) is 6.07 Å². The van der Waals surface area contributed by atoms with Gasteiger partial charge in [0.15, 0.2) is 0 Å². The van der Waals surface area contributed by atoms with Crippen molar-refractivity contribution < 1.29 is 5.76 Å². The Labute approximate surface area is 138 Å². The molecule has 1 aromatic heterocycles. The number of amidine groups is 1. The lowest BCUT2D eigenvalue weighted by molar-refractivity contribution is 0.443. The van der Waals surface area contributed by atoms with Crippen LogP contribution in [-0.4, -0.2) is 22.3 Å². The molecule has 0 spiro atoms. The highest BCUT2D eigenvalue weighted by atomic mass is 35.5. The maximum Gasteiger partial charge on any atom is 0.134 e. The Morgan fingerprint density at radius 2 is 2.14 bits per heavy atom. The predicted octanol–water partition coefficient (Wildman–Crippen LogP) is 4.83. The third kappa shape index (κ3) is 2.27. The molecule has 1 fully saturated rings. The van der Waals surface area contributed by atoms with Crippen LogP contribution in [0.4, 0.5) is 10.1 Å². The predicted molar refractivity (Wildman–Crippen MR) is 86.4 cm³/mol. The molecule has 22 heavy (non-hydrogen) atoms. The first-order chi connectivity index (χ1) is 11.0. The van der Waals surface area contributed by atoms with Crippen LogP contribution in [0.25, 0.3) is 11.3 Å². The first-order valence-corrected chi connectivity index (χ1v) is 7.72. The summed E-state index contributed by atoms with van der Waals surface area (Å²) in [5.41, 5.74) is 1.83. The molecular formula is C16H12Cl2FN3. The van der Waals surface area contributed by atoms with E-state index in [1.807, 2.05) is 4.90 Å². The summed E-state index contributed by atoms with van der Waals surface area (Å²) in [4.78, 5) is 10.9. The van der Waals surface area contributed by atoms with Crippen LogP contribution in [0.3, 0.4) is 0 Å². The van der Waals surface area contributed by atoms with Crippen LogP contribution >= 0.6 is 23.2 Å². The summed E-state index contributed by atoms with van der Waals surface area (Å²) in [6.07, 6.45) is 1.79. The van der Waals surface area contributed by atoms with Gasteiger partial charge in [-0.25, -0.2) is 14.4 Å². The summed E-state index contributed by atoms with van der Waals surface area (Å²) in [5, 5.41) is 0.539. The van der Waals surface area contributed by atoms with E-state index in [9.17, 15) is 4.39 Å². The highest BCUT2D eigenvalue weighted by molar-refractivity contribution is 6.30. The maximum atomic E-state index is 14.3. The molecule has 0 N–H and O–H groups in total. The van der Waals surface area contributed by atoms with Gasteiger partial charge in [0.1, 0.15) is 22.5 Å². The number of aromatic nitrogens is 1. The third-order valence-corrected chi connectivity index (χ3v) is 4.27. The summed E-state index contributed by atoms with van der Waals surface area (Å²) in [6.45, 7) is 0.214. The molecule has 1 unspecified atom stereocenters. The molecule has 4 rings (SSSR count). The third-order valence-electron chi connectivity index (χ3n) is 3.84. The summed E-state index contributed by atoms with van der Waals surface area (Å²) < 4.78 is 22.8. The van der Waals surface area contributed by atoms with Crippen molar-refractivity contribution in [1.29, 1.82) is 0 Å². The average Bonchev–Trinajstić information content (AvgIpc) is 2.97. The Morgan fingerprint density at radius 3 is 2.95 bits per heavy atom. The van der Waals surface area contributed by atoms with Crippen LogP contribution in [0.15, 0.2) is 29.3 Å². The van der Waals surface area contributed by atoms with Gasteiger partial charge in [0.25, 0.3) is 0 Å². The molecule has 0 saturated carbocycles. The lowest BCUT2D eigenvalue weighted by Crippen LogP contribution is -2.27. The van der Waals surface area contributed by atoms with Crippen molar-refractivity contribution >= 4 is 34.7 Å². The van der Waals surface area contributed by atoms with Gasteiger partial charge < -0.3 is 4.90 Å². The number of hydrogen-bond donors (Lipinski definition) is 0. The molecule has 3 heterocycles. The number of hydrogen-bond acceptors (Lipinski definition) is 3. The molecule has 2 aliphatic rings. The number of benzene rings is 1. The molecule has 112 valence electrons. The minimum absolute atomic E-state index is 0.225. The molecule has 0 bridgehead atoms. The van der Waals surface area contributed by atoms with Gasteiger partial charge in [-0.05, 0) is 30.7 Å². The summed E-state index contributed by atoms with van der Waals surface area (Å²) in [6, 6.07) is 6.05. The SMILES string of the molecule is [2H]C1c2cc(Cl)nc(-c3ccc(Cl)cc3F)c2N=C2CCCN21.